The van der Waals surface area contributed by atoms with E-state index in [9.17, 15) is 4.79 Å². The highest BCUT2D eigenvalue weighted by Crippen LogP contribution is 1.99. The zero-order valence-electron chi connectivity index (χ0n) is 6.38. The Morgan fingerprint density at radius 3 is 2.82 bits per heavy atom. The van der Waals surface area contributed by atoms with Crippen LogP contribution in [0.5, 0.6) is 0 Å². The third-order valence-electron chi connectivity index (χ3n) is 0.992. The number of thioether (sulfide) groups is 1. The minimum atomic E-state index is -0.479. The molecule has 5 heteroatoms. The third-order valence-corrected chi connectivity index (χ3v) is 2.06. The highest BCUT2D eigenvalue weighted by molar-refractivity contribution is 7.99. The second-order valence-corrected chi connectivity index (χ2v) is 3.21. The van der Waals surface area contributed by atoms with Crippen LogP contribution in [-0.4, -0.2) is 35.8 Å². The molecular formula is C6H14N2O2S. The number of carbonyl (C=O) groups is 1. The van der Waals surface area contributed by atoms with Crippen molar-refractivity contribution in [2.24, 2.45) is 5.73 Å². The van der Waals surface area contributed by atoms with Crippen LogP contribution in [0.4, 0.5) is 4.79 Å². The van der Waals surface area contributed by atoms with Crippen molar-refractivity contribution in [2.75, 3.05) is 24.7 Å². The fourth-order valence-electron chi connectivity index (χ4n) is 0.515. The van der Waals surface area contributed by atoms with Crippen molar-refractivity contribution >= 4 is 17.8 Å². The van der Waals surface area contributed by atoms with E-state index in [2.05, 4.69) is 5.32 Å². The summed E-state index contributed by atoms with van der Waals surface area (Å²) in [6, 6.07) is -0.479. The van der Waals surface area contributed by atoms with Gasteiger partial charge in [0.15, 0.2) is 0 Å². The highest BCUT2D eigenvalue weighted by atomic mass is 32.2. The molecule has 0 bridgehead atoms. The summed E-state index contributed by atoms with van der Waals surface area (Å²) in [6.07, 6.45) is 0.807. The first-order chi connectivity index (χ1) is 5.27. The number of hydrogen-bond donors (Lipinski definition) is 3. The average Bonchev–Trinajstić information content (AvgIpc) is 1.96. The highest BCUT2D eigenvalue weighted by Gasteiger charge is 1.91. The summed E-state index contributed by atoms with van der Waals surface area (Å²) in [5.74, 6) is 1.78. The Hall–Kier alpha value is -0.420. The van der Waals surface area contributed by atoms with Crippen LogP contribution in [0, 0.1) is 0 Å². The number of nitrogens with one attached hydrogen (secondary N) is 1. The van der Waals surface area contributed by atoms with Crippen LogP contribution < -0.4 is 11.1 Å². The van der Waals surface area contributed by atoms with Gasteiger partial charge in [0.25, 0.3) is 0 Å². The Bertz CT molecular complexity index is 111. The van der Waals surface area contributed by atoms with E-state index in [0.29, 0.717) is 6.54 Å². The molecule has 0 aromatic carbocycles. The summed E-state index contributed by atoms with van der Waals surface area (Å²) in [5, 5.41) is 10.9. The van der Waals surface area contributed by atoms with E-state index < -0.39 is 6.03 Å². The Labute approximate surface area is 70.5 Å². The molecular weight excluding hydrogens is 164 g/mol. The molecule has 2 amide bonds. The molecule has 4 nitrogen and oxygen atoms in total. The predicted molar refractivity (Wildman–Crippen MR) is 46.6 cm³/mol. The van der Waals surface area contributed by atoms with Crippen LogP contribution in [0.25, 0.3) is 0 Å². The number of nitrogens with two attached hydrogens (primary N) is 1. The van der Waals surface area contributed by atoms with E-state index in [1.165, 1.54) is 0 Å². The molecule has 0 aliphatic carbocycles. The quantitative estimate of drug-likeness (QED) is 0.492. The molecule has 0 heterocycles. The van der Waals surface area contributed by atoms with Gasteiger partial charge in [0.05, 0.1) is 0 Å². The summed E-state index contributed by atoms with van der Waals surface area (Å²) >= 11 is 1.69. The van der Waals surface area contributed by atoms with Crippen LogP contribution in [0.2, 0.25) is 0 Å². The van der Waals surface area contributed by atoms with Gasteiger partial charge in [0.2, 0.25) is 0 Å². The zero-order chi connectivity index (χ0) is 8.53. The van der Waals surface area contributed by atoms with Gasteiger partial charge in [-0.15, -0.1) is 0 Å². The summed E-state index contributed by atoms with van der Waals surface area (Å²) in [4.78, 5) is 10.2. The maximum Gasteiger partial charge on any atom is 0.312 e. The van der Waals surface area contributed by atoms with Gasteiger partial charge >= 0.3 is 6.03 Å². The van der Waals surface area contributed by atoms with Crippen molar-refractivity contribution in [3.63, 3.8) is 0 Å². The molecule has 0 fully saturated rings. The third kappa shape index (κ3) is 9.58. The van der Waals surface area contributed by atoms with Crippen molar-refractivity contribution < 1.29 is 9.90 Å². The van der Waals surface area contributed by atoms with E-state index in [1.54, 1.807) is 11.8 Å². The van der Waals surface area contributed by atoms with Gasteiger partial charge in [-0.2, -0.15) is 11.8 Å². The van der Waals surface area contributed by atoms with Crippen molar-refractivity contribution in [1.82, 2.24) is 5.32 Å². The largest absolute Gasteiger partial charge is 0.396 e. The van der Waals surface area contributed by atoms with Gasteiger partial charge in [0.1, 0.15) is 0 Å². The smallest absolute Gasteiger partial charge is 0.312 e. The summed E-state index contributed by atoms with van der Waals surface area (Å²) in [5.41, 5.74) is 4.83. The molecule has 0 saturated carbocycles. The molecule has 0 radical (unpaired) electrons. The Kier molecular flexibility index (Phi) is 7.39. The summed E-state index contributed by atoms with van der Waals surface area (Å²) in [6.45, 7) is 0.835. The topological polar surface area (TPSA) is 75.4 Å². The maximum atomic E-state index is 10.2. The van der Waals surface area contributed by atoms with Crippen LogP contribution in [0.15, 0.2) is 0 Å². The average molecular weight is 178 g/mol. The first kappa shape index (κ1) is 10.6. The maximum absolute atomic E-state index is 10.2. The zero-order valence-corrected chi connectivity index (χ0v) is 7.19. The van der Waals surface area contributed by atoms with Crippen LogP contribution in [0.3, 0.4) is 0 Å². The normalized spacial score (nSPS) is 9.55. The first-order valence-corrected chi connectivity index (χ1v) is 4.64. The molecule has 4 N–H and O–H groups in total. The van der Waals surface area contributed by atoms with Gasteiger partial charge in [-0.3, -0.25) is 0 Å². The van der Waals surface area contributed by atoms with Crippen LogP contribution in [-0.2, 0) is 0 Å². The Morgan fingerprint density at radius 2 is 2.27 bits per heavy atom. The lowest BCUT2D eigenvalue weighted by atomic mass is 10.5. The number of urea groups is 1. The molecule has 0 aromatic heterocycles. The Balaban J connectivity index is 2.85. The fourth-order valence-corrected chi connectivity index (χ4v) is 1.30. The number of hydrogen-bond acceptors (Lipinski definition) is 3. The molecule has 0 aromatic rings. The molecule has 0 rings (SSSR count). The molecule has 0 spiro atoms. The van der Waals surface area contributed by atoms with Gasteiger partial charge in [-0.25, -0.2) is 4.79 Å². The van der Waals surface area contributed by atoms with E-state index in [0.717, 1.165) is 17.9 Å². The van der Waals surface area contributed by atoms with E-state index >= 15 is 0 Å². The van der Waals surface area contributed by atoms with Crippen molar-refractivity contribution in [3.05, 3.63) is 0 Å². The predicted octanol–water partition coefficient (Wildman–Crippen LogP) is -0.230. The molecule has 0 saturated heterocycles. The SMILES string of the molecule is NC(=O)NCCSCCCO. The van der Waals surface area contributed by atoms with Crippen LogP contribution in [0.1, 0.15) is 6.42 Å². The summed E-state index contributed by atoms with van der Waals surface area (Å²) in [7, 11) is 0. The number of aliphatic hydroxyl groups excluding tert-OH is 1. The molecule has 0 aliphatic rings. The minimum absolute atomic E-state index is 0.232. The van der Waals surface area contributed by atoms with E-state index in [4.69, 9.17) is 10.8 Å². The minimum Gasteiger partial charge on any atom is -0.396 e. The van der Waals surface area contributed by atoms with E-state index in [-0.39, 0.29) is 6.61 Å². The van der Waals surface area contributed by atoms with Crippen molar-refractivity contribution in [2.45, 2.75) is 6.42 Å². The molecule has 0 atom stereocenters. The number of aliphatic hydroxyl groups is 1. The van der Waals surface area contributed by atoms with Gasteiger partial charge in [-0.05, 0) is 12.2 Å². The molecule has 0 aliphatic heterocycles. The van der Waals surface area contributed by atoms with E-state index in [1.807, 2.05) is 0 Å². The lowest BCUT2D eigenvalue weighted by molar-refractivity contribution is 0.249. The molecule has 0 unspecified atom stereocenters. The second kappa shape index (κ2) is 7.68. The molecule has 11 heavy (non-hydrogen) atoms. The monoisotopic (exact) mass is 178 g/mol. The van der Waals surface area contributed by atoms with Gasteiger partial charge < -0.3 is 16.2 Å². The lowest BCUT2D eigenvalue weighted by Gasteiger charge is -2.00. The number of carbonyl (C=O) groups excluding carboxylic acids is 1. The Morgan fingerprint density at radius 1 is 1.55 bits per heavy atom. The van der Waals surface area contributed by atoms with Crippen molar-refractivity contribution in [3.8, 4) is 0 Å². The van der Waals surface area contributed by atoms with Gasteiger partial charge in [-0.1, -0.05) is 0 Å². The molecule has 66 valence electrons. The second-order valence-electron chi connectivity index (χ2n) is 1.98. The van der Waals surface area contributed by atoms with Crippen molar-refractivity contribution in [1.29, 1.82) is 0 Å². The fraction of sp³-hybridized carbons (Fsp3) is 0.833. The number of primary amides is 1. The van der Waals surface area contributed by atoms with Crippen LogP contribution >= 0.6 is 11.8 Å². The number of rotatable bonds is 6. The standard InChI is InChI=1S/C6H14N2O2S/c7-6(10)8-2-5-11-4-1-3-9/h9H,1-5H2,(H3,7,8,10). The lowest BCUT2D eigenvalue weighted by Crippen LogP contribution is -2.31. The van der Waals surface area contributed by atoms with Gasteiger partial charge in [0, 0.05) is 18.9 Å². The number of amides is 2. The first-order valence-electron chi connectivity index (χ1n) is 3.49. The summed E-state index contributed by atoms with van der Waals surface area (Å²) < 4.78 is 0.